The molecule has 1 heterocycles. The zero-order valence-corrected chi connectivity index (χ0v) is 11.5. The van der Waals surface area contributed by atoms with Gasteiger partial charge in [0.2, 0.25) is 0 Å². The molecule has 1 saturated heterocycles. The van der Waals surface area contributed by atoms with Crippen LogP contribution in [0.4, 0.5) is 11.4 Å². The van der Waals surface area contributed by atoms with Gasteiger partial charge in [0.1, 0.15) is 0 Å². The first-order valence-corrected chi connectivity index (χ1v) is 6.40. The van der Waals surface area contributed by atoms with E-state index in [0.717, 1.165) is 25.1 Å². The highest BCUT2D eigenvalue weighted by molar-refractivity contribution is 5.98. The summed E-state index contributed by atoms with van der Waals surface area (Å²) in [5.74, 6) is -0.279. The molecular formula is C14H18N2O3. The molecule has 0 atom stereocenters. The van der Waals surface area contributed by atoms with Crippen molar-refractivity contribution in [3.05, 3.63) is 33.9 Å². The van der Waals surface area contributed by atoms with Crippen molar-refractivity contribution in [2.24, 2.45) is 0 Å². The van der Waals surface area contributed by atoms with E-state index in [2.05, 4.69) is 18.7 Å². The van der Waals surface area contributed by atoms with Gasteiger partial charge in [-0.2, -0.15) is 0 Å². The summed E-state index contributed by atoms with van der Waals surface area (Å²) in [4.78, 5) is 24.2. The van der Waals surface area contributed by atoms with Crippen molar-refractivity contribution in [1.29, 1.82) is 0 Å². The fraction of sp³-hybridized carbons (Fsp3) is 0.500. The van der Waals surface area contributed by atoms with Gasteiger partial charge in [0.15, 0.2) is 5.78 Å². The van der Waals surface area contributed by atoms with Crippen LogP contribution in [0.5, 0.6) is 0 Å². The quantitative estimate of drug-likeness (QED) is 0.477. The number of nitro groups is 1. The van der Waals surface area contributed by atoms with Gasteiger partial charge in [-0.15, -0.1) is 0 Å². The number of hydrogen-bond donors (Lipinski definition) is 0. The van der Waals surface area contributed by atoms with E-state index < -0.39 is 4.92 Å². The van der Waals surface area contributed by atoms with Crippen molar-refractivity contribution >= 4 is 17.2 Å². The molecule has 19 heavy (non-hydrogen) atoms. The average Bonchev–Trinajstić information content (AvgIpc) is 2.68. The third-order valence-electron chi connectivity index (χ3n) is 3.77. The summed E-state index contributed by atoms with van der Waals surface area (Å²) in [5, 5.41) is 11.1. The van der Waals surface area contributed by atoms with Gasteiger partial charge >= 0.3 is 0 Å². The lowest BCUT2D eigenvalue weighted by molar-refractivity contribution is -0.385. The molecule has 0 N–H and O–H groups in total. The highest BCUT2D eigenvalue weighted by Crippen LogP contribution is 2.36. The Kier molecular flexibility index (Phi) is 3.30. The van der Waals surface area contributed by atoms with Gasteiger partial charge in [-0.05, 0) is 45.7 Å². The maximum Gasteiger partial charge on any atom is 0.282 e. The molecule has 0 aliphatic carbocycles. The van der Waals surface area contributed by atoms with Crippen molar-refractivity contribution < 1.29 is 9.72 Å². The fourth-order valence-electron chi connectivity index (χ4n) is 2.72. The first kappa shape index (κ1) is 13.5. The summed E-state index contributed by atoms with van der Waals surface area (Å²) >= 11 is 0. The second-order valence-electron chi connectivity index (χ2n) is 5.58. The van der Waals surface area contributed by atoms with E-state index in [-0.39, 0.29) is 22.6 Å². The molecule has 0 unspecified atom stereocenters. The number of carbonyl (C=O) groups is 1. The lowest BCUT2D eigenvalue weighted by Crippen LogP contribution is -2.38. The average molecular weight is 262 g/mol. The van der Waals surface area contributed by atoms with Crippen LogP contribution >= 0.6 is 0 Å². The predicted octanol–water partition coefficient (Wildman–Crippen LogP) is 3.18. The van der Waals surface area contributed by atoms with E-state index in [1.807, 2.05) is 0 Å². The Balaban J connectivity index is 2.47. The number of carbonyl (C=O) groups excluding carboxylic acids is 1. The van der Waals surface area contributed by atoms with E-state index in [1.165, 1.54) is 13.0 Å². The maximum absolute atomic E-state index is 11.4. The molecule has 102 valence electrons. The van der Waals surface area contributed by atoms with Crippen LogP contribution in [0.1, 0.15) is 44.0 Å². The summed E-state index contributed by atoms with van der Waals surface area (Å²) in [6.45, 7) is 6.50. The number of anilines is 1. The van der Waals surface area contributed by atoms with Crippen LogP contribution in [-0.2, 0) is 0 Å². The number of rotatable bonds is 3. The lowest BCUT2D eigenvalue weighted by Gasteiger charge is -2.33. The summed E-state index contributed by atoms with van der Waals surface area (Å²) < 4.78 is 0. The third-order valence-corrected chi connectivity index (χ3v) is 3.77. The molecule has 0 spiro atoms. The van der Waals surface area contributed by atoms with Gasteiger partial charge in [0, 0.05) is 23.8 Å². The Bertz CT molecular complexity index is 537. The van der Waals surface area contributed by atoms with Crippen molar-refractivity contribution in [1.82, 2.24) is 0 Å². The molecule has 1 fully saturated rings. The molecule has 2 rings (SSSR count). The minimum Gasteiger partial charge on any atom is -0.366 e. The Morgan fingerprint density at radius 1 is 1.42 bits per heavy atom. The van der Waals surface area contributed by atoms with E-state index in [9.17, 15) is 14.9 Å². The summed E-state index contributed by atoms with van der Waals surface area (Å²) in [6, 6.07) is 4.88. The maximum atomic E-state index is 11.4. The molecule has 0 amide bonds. The molecule has 1 aromatic rings. The molecule has 1 aromatic carbocycles. The van der Waals surface area contributed by atoms with Crippen LogP contribution in [0.2, 0.25) is 0 Å². The lowest BCUT2D eigenvalue weighted by atomic mass is 10.0. The SMILES string of the molecule is CC(=O)c1ccc(N2CCCC2(C)C)cc1[N+](=O)[O-]. The van der Waals surface area contributed by atoms with Gasteiger partial charge in [0.25, 0.3) is 5.69 Å². The predicted molar refractivity (Wildman–Crippen MR) is 73.8 cm³/mol. The number of ketones is 1. The fourth-order valence-corrected chi connectivity index (χ4v) is 2.72. The van der Waals surface area contributed by atoms with E-state index in [4.69, 9.17) is 0 Å². The van der Waals surface area contributed by atoms with Crippen LogP contribution in [0.15, 0.2) is 18.2 Å². The van der Waals surface area contributed by atoms with Gasteiger partial charge in [-0.3, -0.25) is 14.9 Å². The largest absolute Gasteiger partial charge is 0.366 e. The van der Waals surface area contributed by atoms with Crippen molar-refractivity contribution in [3.8, 4) is 0 Å². The van der Waals surface area contributed by atoms with Gasteiger partial charge < -0.3 is 4.90 Å². The second-order valence-corrected chi connectivity index (χ2v) is 5.58. The normalized spacial score (nSPS) is 17.5. The number of benzene rings is 1. The minimum absolute atomic E-state index is 0.00556. The standard InChI is InChI=1S/C14H18N2O3/c1-10(17)12-6-5-11(9-13(12)16(18)19)15-8-4-7-14(15,2)3/h5-6,9H,4,7-8H2,1-3H3. The van der Waals surface area contributed by atoms with Gasteiger partial charge in [-0.1, -0.05) is 0 Å². The molecule has 0 bridgehead atoms. The number of nitro benzene ring substituents is 1. The molecule has 1 aliphatic heterocycles. The minimum atomic E-state index is -0.483. The molecular weight excluding hydrogens is 244 g/mol. The van der Waals surface area contributed by atoms with Crippen molar-refractivity contribution in [2.45, 2.75) is 39.2 Å². The topological polar surface area (TPSA) is 63.5 Å². The Morgan fingerprint density at radius 2 is 2.11 bits per heavy atom. The Hall–Kier alpha value is -1.91. The van der Waals surface area contributed by atoms with E-state index in [1.54, 1.807) is 12.1 Å². The molecule has 0 aromatic heterocycles. The zero-order chi connectivity index (χ0) is 14.2. The number of hydrogen-bond acceptors (Lipinski definition) is 4. The van der Waals surface area contributed by atoms with Crippen LogP contribution in [0, 0.1) is 10.1 Å². The highest BCUT2D eigenvalue weighted by Gasteiger charge is 2.33. The second kappa shape index (κ2) is 4.64. The van der Waals surface area contributed by atoms with Gasteiger partial charge in [0.05, 0.1) is 10.5 Å². The first-order chi connectivity index (χ1) is 8.83. The Morgan fingerprint density at radius 3 is 2.58 bits per heavy atom. The molecule has 1 aliphatic rings. The van der Waals surface area contributed by atoms with Gasteiger partial charge in [-0.25, -0.2) is 0 Å². The molecule has 0 radical (unpaired) electrons. The van der Waals surface area contributed by atoms with E-state index >= 15 is 0 Å². The number of nitrogens with zero attached hydrogens (tertiary/aromatic N) is 2. The summed E-state index contributed by atoms with van der Waals surface area (Å²) in [7, 11) is 0. The molecule has 0 saturated carbocycles. The van der Waals surface area contributed by atoms with Crippen molar-refractivity contribution in [2.75, 3.05) is 11.4 Å². The third kappa shape index (κ3) is 2.45. The first-order valence-electron chi connectivity index (χ1n) is 6.40. The molecule has 5 nitrogen and oxygen atoms in total. The highest BCUT2D eigenvalue weighted by atomic mass is 16.6. The van der Waals surface area contributed by atoms with E-state index in [0.29, 0.717) is 0 Å². The van der Waals surface area contributed by atoms with Crippen LogP contribution in [-0.4, -0.2) is 22.8 Å². The summed E-state index contributed by atoms with van der Waals surface area (Å²) in [6.07, 6.45) is 2.14. The van der Waals surface area contributed by atoms with Crippen LogP contribution in [0.25, 0.3) is 0 Å². The smallest absolute Gasteiger partial charge is 0.282 e. The summed E-state index contributed by atoms with van der Waals surface area (Å²) in [5.41, 5.74) is 0.892. The van der Waals surface area contributed by atoms with Crippen molar-refractivity contribution in [3.63, 3.8) is 0 Å². The zero-order valence-electron chi connectivity index (χ0n) is 11.5. The number of Topliss-reactive ketones (excluding diaryl/α,β-unsaturated/α-hetero) is 1. The monoisotopic (exact) mass is 262 g/mol. The molecule has 5 heteroatoms. The van der Waals surface area contributed by atoms with Crippen LogP contribution < -0.4 is 4.90 Å². The Labute approximate surface area is 112 Å². The van der Waals surface area contributed by atoms with Crippen LogP contribution in [0.3, 0.4) is 0 Å².